The second-order valence-corrected chi connectivity index (χ2v) is 11.7. The van der Waals surface area contributed by atoms with Crippen molar-refractivity contribution in [2.24, 2.45) is 0 Å². The molecule has 7 aromatic carbocycles. The molecule has 10 aromatic rings. The van der Waals surface area contributed by atoms with Crippen molar-refractivity contribution in [3.8, 4) is 34.2 Å². The topological polar surface area (TPSA) is 65.0 Å². The van der Waals surface area contributed by atoms with Crippen LogP contribution in [-0.2, 0) is 0 Å². The summed E-state index contributed by atoms with van der Waals surface area (Å²) in [7, 11) is 0. The molecule has 0 bridgehead atoms. The molecule has 0 radical (unpaired) electrons. The molecule has 0 aliphatic carbocycles. The van der Waals surface area contributed by atoms with Gasteiger partial charge < -0.3 is 8.83 Å². The van der Waals surface area contributed by atoms with Gasteiger partial charge in [-0.1, -0.05) is 97.1 Å². The zero-order chi connectivity index (χ0) is 30.2. The highest BCUT2D eigenvalue weighted by Crippen LogP contribution is 2.38. The third-order valence-corrected chi connectivity index (χ3v) is 8.88. The summed E-state index contributed by atoms with van der Waals surface area (Å²) < 4.78 is 12.6. The van der Waals surface area contributed by atoms with Crippen LogP contribution >= 0.6 is 0 Å². The third-order valence-electron chi connectivity index (χ3n) is 8.88. The average molecular weight is 590 g/mol. The predicted octanol–water partition coefficient (Wildman–Crippen LogP) is 11.0. The van der Waals surface area contributed by atoms with Crippen molar-refractivity contribution < 1.29 is 8.83 Å². The normalized spacial score (nSPS) is 11.9. The first kappa shape index (κ1) is 25.0. The van der Waals surface area contributed by atoms with Crippen LogP contribution in [0.4, 0.5) is 0 Å². The molecule has 0 saturated heterocycles. The highest BCUT2D eigenvalue weighted by molar-refractivity contribution is 6.12. The van der Waals surface area contributed by atoms with Crippen molar-refractivity contribution in [3.05, 3.63) is 140 Å². The van der Waals surface area contributed by atoms with Crippen molar-refractivity contribution in [1.82, 2.24) is 15.0 Å². The van der Waals surface area contributed by atoms with Gasteiger partial charge in [0.25, 0.3) is 0 Å². The largest absolute Gasteiger partial charge is 0.456 e. The smallest absolute Gasteiger partial charge is 0.164 e. The number of para-hydroxylation sites is 1. The Kier molecular flexibility index (Phi) is 5.22. The van der Waals surface area contributed by atoms with Gasteiger partial charge in [0.2, 0.25) is 0 Å². The molecule has 3 heterocycles. The second kappa shape index (κ2) is 9.58. The Bertz CT molecular complexity index is 2830. The summed E-state index contributed by atoms with van der Waals surface area (Å²) in [5, 5.41) is 8.79. The van der Waals surface area contributed by atoms with Crippen LogP contribution in [0.2, 0.25) is 0 Å². The highest BCUT2D eigenvalue weighted by Gasteiger charge is 2.19. The van der Waals surface area contributed by atoms with Gasteiger partial charge in [-0.05, 0) is 64.0 Å². The summed E-state index contributed by atoms with van der Waals surface area (Å²) in [6, 6.07) is 47.6. The number of hydrogen-bond acceptors (Lipinski definition) is 5. The summed E-state index contributed by atoms with van der Waals surface area (Å²) in [5.74, 6) is 1.76. The fourth-order valence-corrected chi connectivity index (χ4v) is 6.65. The minimum absolute atomic E-state index is 0.575. The molecule has 0 atom stereocenters. The van der Waals surface area contributed by atoms with E-state index in [9.17, 15) is 0 Å². The number of hydrogen-bond donors (Lipinski definition) is 0. The van der Waals surface area contributed by atoms with E-state index in [1.807, 2.05) is 54.6 Å². The van der Waals surface area contributed by atoms with Crippen molar-refractivity contribution in [2.75, 3.05) is 0 Å². The molecule has 0 spiro atoms. The lowest BCUT2D eigenvalue weighted by Crippen LogP contribution is -2.00. The van der Waals surface area contributed by atoms with Crippen molar-refractivity contribution in [2.45, 2.75) is 0 Å². The number of fused-ring (bicyclic) bond motifs is 8. The highest BCUT2D eigenvalue weighted by atomic mass is 16.3. The van der Waals surface area contributed by atoms with E-state index in [0.717, 1.165) is 71.3 Å². The first-order valence-corrected chi connectivity index (χ1v) is 15.3. The van der Waals surface area contributed by atoms with Crippen LogP contribution in [0.15, 0.2) is 148 Å². The van der Waals surface area contributed by atoms with Gasteiger partial charge in [0.05, 0.1) is 0 Å². The molecule has 0 unspecified atom stereocenters. The molecule has 5 heteroatoms. The molecule has 0 fully saturated rings. The van der Waals surface area contributed by atoms with Crippen molar-refractivity contribution >= 4 is 65.4 Å². The summed E-state index contributed by atoms with van der Waals surface area (Å²) in [5.41, 5.74) is 5.94. The Morgan fingerprint density at radius 2 is 0.957 bits per heavy atom. The number of rotatable bonds is 3. The van der Waals surface area contributed by atoms with E-state index in [2.05, 4.69) is 84.9 Å². The van der Waals surface area contributed by atoms with Gasteiger partial charge in [-0.15, -0.1) is 0 Å². The number of aromatic nitrogens is 3. The van der Waals surface area contributed by atoms with Gasteiger partial charge >= 0.3 is 0 Å². The number of furan rings is 2. The van der Waals surface area contributed by atoms with Crippen LogP contribution in [0.25, 0.3) is 99.6 Å². The Balaban J connectivity index is 1.21. The van der Waals surface area contributed by atoms with Crippen LogP contribution in [-0.4, -0.2) is 15.0 Å². The van der Waals surface area contributed by atoms with E-state index >= 15 is 0 Å². The second-order valence-electron chi connectivity index (χ2n) is 11.7. The molecule has 3 aromatic heterocycles. The molecule has 214 valence electrons. The number of nitrogens with zero attached hydrogens (tertiary/aromatic N) is 3. The van der Waals surface area contributed by atoms with Gasteiger partial charge in [-0.2, -0.15) is 0 Å². The fraction of sp³-hybridized carbons (Fsp3) is 0. The molecule has 0 aliphatic heterocycles. The van der Waals surface area contributed by atoms with Crippen LogP contribution in [0, 0.1) is 0 Å². The molecule has 0 amide bonds. The molecular weight excluding hydrogens is 566 g/mol. The molecule has 0 aliphatic rings. The summed E-state index contributed by atoms with van der Waals surface area (Å²) in [6.07, 6.45) is 0. The minimum Gasteiger partial charge on any atom is -0.456 e. The van der Waals surface area contributed by atoms with E-state index in [4.69, 9.17) is 23.8 Å². The van der Waals surface area contributed by atoms with Crippen molar-refractivity contribution in [1.29, 1.82) is 0 Å². The molecule has 0 saturated carbocycles. The first-order chi connectivity index (χ1) is 22.7. The van der Waals surface area contributed by atoms with Gasteiger partial charge in [0, 0.05) is 38.2 Å². The lowest BCUT2D eigenvalue weighted by Gasteiger charge is -2.10. The van der Waals surface area contributed by atoms with Gasteiger partial charge in [0.15, 0.2) is 17.5 Å². The van der Waals surface area contributed by atoms with Crippen LogP contribution in [0.5, 0.6) is 0 Å². The molecular formula is C41H23N3O2. The number of benzene rings is 7. The predicted molar refractivity (Wildman–Crippen MR) is 186 cm³/mol. The Morgan fingerprint density at radius 1 is 0.348 bits per heavy atom. The average Bonchev–Trinajstić information content (AvgIpc) is 3.67. The van der Waals surface area contributed by atoms with E-state index < -0.39 is 0 Å². The SMILES string of the molecule is c1ccc2cc(-c3nc(-c4ccc5c(c4)oc4cc6ccccc6cc45)nc(-c4cccc5oc6ccccc6c45)n3)ccc2c1. The van der Waals surface area contributed by atoms with Gasteiger partial charge in [-0.25, -0.2) is 15.0 Å². The summed E-state index contributed by atoms with van der Waals surface area (Å²) in [6.45, 7) is 0. The van der Waals surface area contributed by atoms with Crippen molar-refractivity contribution in [3.63, 3.8) is 0 Å². The van der Waals surface area contributed by atoms with E-state index in [1.54, 1.807) is 0 Å². The lowest BCUT2D eigenvalue weighted by molar-refractivity contribution is 0.669. The van der Waals surface area contributed by atoms with Gasteiger partial charge in [0.1, 0.15) is 22.3 Å². The Labute approximate surface area is 262 Å². The van der Waals surface area contributed by atoms with Crippen LogP contribution in [0.3, 0.4) is 0 Å². The molecule has 10 rings (SSSR count). The summed E-state index contributed by atoms with van der Waals surface area (Å²) >= 11 is 0. The minimum atomic E-state index is 0.575. The standard InChI is InChI=1S/C41H23N3O2/c1-2-9-25-20-28(17-16-24(25)8-1)39-42-40(44-41(43-39)32-13-7-15-35-38(32)31-12-5-6-14-34(31)45-35)29-18-19-30-33-21-26-10-3-4-11-27(26)22-37(33)46-36(30)23-29/h1-23H. The third kappa shape index (κ3) is 3.85. The molecule has 0 N–H and O–H groups in total. The lowest BCUT2D eigenvalue weighted by atomic mass is 10.0. The van der Waals surface area contributed by atoms with Crippen LogP contribution < -0.4 is 0 Å². The molecule has 46 heavy (non-hydrogen) atoms. The van der Waals surface area contributed by atoms with E-state index in [-0.39, 0.29) is 0 Å². The zero-order valence-corrected chi connectivity index (χ0v) is 24.4. The van der Waals surface area contributed by atoms with E-state index in [0.29, 0.717) is 17.5 Å². The van der Waals surface area contributed by atoms with E-state index in [1.165, 1.54) is 10.8 Å². The molecule has 5 nitrogen and oxygen atoms in total. The fourth-order valence-electron chi connectivity index (χ4n) is 6.65. The first-order valence-electron chi connectivity index (χ1n) is 15.3. The Morgan fingerprint density at radius 3 is 1.80 bits per heavy atom. The van der Waals surface area contributed by atoms with Crippen LogP contribution in [0.1, 0.15) is 0 Å². The zero-order valence-electron chi connectivity index (χ0n) is 24.4. The summed E-state index contributed by atoms with van der Waals surface area (Å²) in [4.78, 5) is 15.2. The Hall–Kier alpha value is -6.33. The maximum absolute atomic E-state index is 6.41. The quantitative estimate of drug-likeness (QED) is 0.205. The monoisotopic (exact) mass is 589 g/mol. The van der Waals surface area contributed by atoms with Gasteiger partial charge in [-0.3, -0.25) is 0 Å². The maximum atomic E-state index is 6.41. The maximum Gasteiger partial charge on any atom is 0.164 e.